The molecule has 3 rings (SSSR count). The van der Waals surface area contributed by atoms with Crippen molar-refractivity contribution in [3.05, 3.63) is 29.8 Å². The van der Waals surface area contributed by atoms with Crippen molar-refractivity contribution in [3.63, 3.8) is 0 Å². The Morgan fingerprint density at radius 2 is 2.12 bits per heavy atom. The summed E-state index contributed by atoms with van der Waals surface area (Å²) in [5.74, 6) is 1.31. The lowest BCUT2D eigenvalue weighted by Gasteiger charge is -2.31. The third-order valence-electron chi connectivity index (χ3n) is 4.24. The van der Waals surface area contributed by atoms with Crippen LogP contribution in [-0.2, 0) is 4.79 Å². The van der Waals surface area contributed by atoms with Crippen LogP contribution >= 0.6 is 0 Å². The van der Waals surface area contributed by atoms with Crippen LogP contribution in [0.15, 0.2) is 24.3 Å². The van der Waals surface area contributed by atoms with E-state index in [0.717, 1.165) is 18.7 Å². The summed E-state index contributed by atoms with van der Waals surface area (Å²) in [4.78, 5) is 13.2. The Hall–Kier alpha value is -1.31. The average molecular weight is 229 g/mol. The molecule has 90 valence electrons. The smallest absolute Gasteiger partial charge is 0.120 e. The summed E-state index contributed by atoms with van der Waals surface area (Å²) < 4.78 is 0. The van der Waals surface area contributed by atoms with Crippen LogP contribution in [0.5, 0.6) is 0 Å². The Morgan fingerprint density at radius 3 is 2.82 bits per heavy atom. The van der Waals surface area contributed by atoms with Crippen molar-refractivity contribution in [2.24, 2.45) is 5.92 Å². The van der Waals surface area contributed by atoms with Crippen molar-refractivity contribution in [2.75, 3.05) is 18.0 Å². The van der Waals surface area contributed by atoms with Crippen molar-refractivity contribution >= 4 is 12.0 Å². The summed E-state index contributed by atoms with van der Waals surface area (Å²) in [5, 5.41) is 0. The van der Waals surface area contributed by atoms with E-state index < -0.39 is 0 Å². The normalized spacial score (nSPS) is 23.3. The molecule has 2 heteroatoms. The first kappa shape index (κ1) is 10.8. The molecule has 0 amide bonds. The zero-order chi connectivity index (χ0) is 11.7. The molecule has 1 saturated carbocycles. The lowest BCUT2D eigenvalue weighted by Crippen LogP contribution is -2.31. The number of para-hydroxylation sites is 1. The molecule has 17 heavy (non-hydrogen) atoms. The lowest BCUT2D eigenvalue weighted by atomic mass is 9.85. The van der Waals surface area contributed by atoms with Crippen LogP contribution in [0.25, 0.3) is 0 Å². The van der Waals surface area contributed by atoms with E-state index in [2.05, 4.69) is 29.2 Å². The van der Waals surface area contributed by atoms with Crippen molar-refractivity contribution in [1.82, 2.24) is 0 Å². The van der Waals surface area contributed by atoms with Gasteiger partial charge in [0.25, 0.3) is 0 Å². The second kappa shape index (κ2) is 4.52. The van der Waals surface area contributed by atoms with E-state index in [0.29, 0.717) is 12.3 Å². The molecule has 1 fully saturated rings. The van der Waals surface area contributed by atoms with E-state index in [4.69, 9.17) is 0 Å². The SMILES string of the molecule is O=CCC1CN(CC2CCC2)c2ccccc21. The number of fused-ring (bicyclic) bond motifs is 1. The molecule has 1 aliphatic heterocycles. The van der Waals surface area contributed by atoms with Crippen LogP contribution < -0.4 is 4.90 Å². The summed E-state index contributed by atoms with van der Waals surface area (Å²) in [5.41, 5.74) is 2.74. The minimum Gasteiger partial charge on any atom is -0.370 e. The number of aldehydes is 1. The fourth-order valence-electron chi connectivity index (χ4n) is 3.06. The van der Waals surface area contributed by atoms with Gasteiger partial charge in [-0.15, -0.1) is 0 Å². The quantitative estimate of drug-likeness (QED) is 0.740. The van der Waals surface area contributed by atoms with Crippen LogP contribution in [0.2, 0.25) is 0 Å². The van der Waals surface area contributed by atoms with Crippen LogP contribution in [0.4, 0.5) is 5.69 Å². The van der Waals surface area contributed by atoms with Crippen LogP contribution in [0.1, 0.15) is 37.2 Å². The Bertz CT molecular complexity index is 411. The van der Waals surface area contributed by atoms with Gasteiger partial charge in [-0.1, -0.05) is 24.6 Å². The average Bonchev–Trinajstić information content (AvgIpc) is 2.64. The third kappa shape index (κ3) is 1.97. The molecular weight excluding hydrogens is 210 g/mol. The molecule has 1 aliphatic carbocycles. The molecule has 1 aromatic carbocycles. The van der Waals surface area contributed by atoms with E-state index in [1.807, 2.05) is 0 Å². The highest BCUT2D eigenvalue weighted by molar-refractivity contribution is 5.63. The minimum atomic E-state index is 0.420. The van der Waals surface area contributed by atoms with Crippen LogP contribution in [0, 0.1) is 5.92 Å². The summed E-state index contributed by atoms with van der Waals surface area (Å²) in [6.45, 7) is 2.22. The molecule has 0 spiro atoms. The van der Waals surface area contributed by atoms with Gasteiger partial charge >= 0.3 is 0 Å². The van der Waals surface area contributed by atoms with Crippen LogP contribution in [0.3, 0.4) is 0 Å². The highest BCUT2D eigenvalue weighted by atomic mass is 16.1. The predicted molar refractivity (Wildman–Crippen MR) is 69.4 cm³/mol. The lowest BCUT2D eigenvalue weighted by molar-refractivity contribution is -0.108. The van der Waals surface area contributed by atoms with E-state index in [1.54, 1.807) is 0 Å². The maximum atomic E-state index is 10.7. The third-order valence-corrected chi connectivity index (χ3v) is 4.24. The van der Waals surface area contributed by atoms with Gasteiger partial charge < -0.3 is 9.69 Å². The molecular formula is C15H19NO. The fourth-order valence-corrected chi connectivity index (χ4v) is 3.06. The molecule has 0 saturated heterocycles. The first-order chi connectivity index (χ1) is 8.38. The Morgan fingerprint density at radius 1 is 1.29 bits per heavy atom. The van der Waals surface area contributed by atoms with E-state index in [1.165, 1.54) is 37.1 Å². The summed E-state index contributed by atoms with van der Waals surface area (Å²) >= 11 is 0. The number of carbonyl (C=O) groups is 1. The second-order valence-electron chi connectivity index (χ2n) is 5.36. The molecule has 0 bridgehead atoms. The maximum Gasteiger partial charge on any atom is 0.120 e. The number of hydrogen-bond acceptors (Lipinski definition) is 2. The molecule has 0 aromatic heterocycles. The number of anilines is 1. The standard InChI is InChI=1S/C15H19NO/c17-9-8-13-11-16(10-12-4-3-5-12)15-7-2-1-6-14(13)15/h1-2,6-7,9,12-13H,3-5,8,10-11H2. The highest BCUT2D eigenvalue weighted by Crippen LogP contribution is 2.39. The van der Waals surface area contributed by atoms with Crippen molar-refractivity contribution in [2.45, 2.75) is 31.6 Å². The fraction of sp³-hybridized carbons (Fsp3) is 0.533. The molecule has 1 heterocycles. The molecule has 2 aliphatic rings. The maximum absolute atomic E-state index is 10.7. The minimum absolute atomic E-state index is 0.420. The van der Waals surface area contributed by atoms with E-state index in [9.17, 15) is 4.79 Å². The largest absolute Gasteiger partial charge is 0.370 e. The van der Waals surface area contributed by atoms with Gasteiger partial charge in [0.15, 0.2) is 0 Å². The van der Waals surface area contributed by atoms with E-state index in [-0.39, 0.29) is 0 Å². The Kier molecular flexibility index (Phi) is 2.87. The summed E-state index contributed by atoms with van der Waals surface area (Å²) in [6.07, 6.45) is 5.90. The highest BCUT2D eigenvalue weighted by Gasteiger charge is 2.30. The first-order valence-electron chi connectivity index (χ1n) is 6.66. The summed E-state index contributed by atoms with van der Waals surface area (Å²) in [6, 6.07) is 8.59. The van der Waals surface area contributed by atoms with Gasteiger partial charge in [-0.3, -0.25) is 0 Å². The predicted octanol–water partition coefficient (Wildman–Crippen LogP) is 2.98. The topological polar surface area (TPSA) is 20.3 Å². The number of hydrogen-bond donors (Lipinski definition) is 0. The van der Waals surface area contributed by atoms with Gasteiger partial charge in [-0.05, 0) is 30.4 Å². The van der Waals surface area contributed by atoms with Crippen molar-refractivity contribution in [3.8, 4) is 0 Å². The van der Waals surface area contributed by atoms with Crippen molar-refractivity contribution in [1.29, 1.82) is 0 Å². The van der Waals surface area contributed by atoms with Gasteiger partial charge in [0.05, 0.1) is 0 Å². The number of carbonyl (C=O) groups excluding carboxylic acids is 1. The van der Waals surface area contributed by atoms with E-state index >= 15 is 0 Å². The first-order valence-corrected chi connectivity index (χ1v) is 6.66. The zero-order valence-corrected chi connectivity index (χ0v) is 10.1. The Balaban J connectivity index is 1.80. The monoisotopic (exact) mass is 229 g/mol. The molecule has 1 aromatic rings. The van der Waals surface area contributed by atoms with Gasteiger partial charge in [0.1, 0.15) is 6.29 Å². The van der Waals surface area contributed by atoms with Crippen LogP contribution in [-0.4, -0.2) is 19.4 Å². The number of benzene rings is 1. The number of rotatable bonds is 4. The molecule has 0 radical (unpaired) electrons. The van der Waals surface area contributed by atoms with Gasteiger partial charge in [-0.2, -0.15) is 0 Å². The Labute approximate surface area is 103 Å². The van der Waals surface area contributed by atoms with Gasteiger partial charge in [-0.25, -0.2) is 0 Å². The van der Waals surface area contributed by atoms with Gasteiger partial charge in [0, 0.05) is 31.1 Å². The molecule has 2 nitrogen and oxygen atoms in total. The van der Waals surface area contributed by atoms with Crippen molar-refractivity contribution < 1.29 is 4.79 Å². The summed E-state index contributed by atoms with van der Waals surface area (Å²) in [7, 11) is 0. The molecule has 1 unspecified atom stereocenters. The van der Waals surface area contributed by atoms with Gasteiger partial charge in [0.2, 0.25) is 0 Å². The zero-order valence-electron chi connectivity index (χ0n) is 10.1. The molecule has 0 N–H and O–H groups in total. The molecule has 1 atom stereocenters. The second-order valence-corrected chi connectivity index (χ2v) is 5.36. The number of nitrogens with zero attached hydrogens (tertiary/aromatic N) is 1.